The Morgan fingerprint density at radius 1 is 1.26 bits per heavy atom. The Balaban J connectivity index is 1.72. The van der Waals surface area contributed by atoms with Gasteiger partial charge in [0.05, 0.1) is 12.2 Å². The van der Waals surface area contributed by atoms with E-state index in [2.05, 4.69) is 19.8 Å². The smallest absolute Gasteiger partial charge is 0.281 e. The van der Waals surface area contributed by atoms with Crippen LogP contribution >= 0.6 is 0 Å². The number of sulfonamides is 1. The molecule has 3 aromatic heterocycles. The van der Waals surface area contributed by atoms with Gasteiger partial charge in [-0.05, 0) is 37.5 Å². The predicted octanol–water partition coefficient (Wildman–Crippen LogP) is 1.69. The highest BCUT2D eigenvalue weighted by Crippen LogP contribution is 2.33. The van der Waals surface area contributed by atoms with Crippen molar-refractivity contribution in [3.8, 4) is 0 Å². The predicted molar refractivity (Wildman–Crippen MR) is 84.4 cm³/mol. The van der Waals surface area contributed by atoms with Gasteiger partial charge in [-0.3, -0.25) is 4.57 Å². The van der Waals surface area contributed by atoms with Gasteiger partial charge in [-0.2, -0.15) is 13.5 Å². The van der Waals surface area contributed by atoms with Crippen LogP contribution in [0.5, 0.6) is 0 Å². The van der Waals surface area contributed by atoms with Crippen molar-refractivity contribution in [3.05, 3.63) is 30.6 Å². The molecular weight excluding hydrogens is 316 g/mol. The Bertz CT molecular complexity index is 970. The third-order valence-electron chi connectivity index (χ3n) is 4.18. The van der Waals surface area contributed by atoms with Gasteiger partial charge >= 0.3 is 0 Å². The molecule has 0 spiro atoms. The molecule has 0 saturated heterocycles. The lowest BCUT2D eigenvalue weighted by molar-refractivity contribution is 0.271. The van der Waals surface area contributed by atoms with Crippen LogP contribution in [0.2, 0.25) is 0 Å². The molecule has 1 N–H and O–H groups in total. The topological polar surface area (TPSA) is 94.7 Å². The molecule has 8 nitrogen and oxygen atoms in total. The monoisotopic (exact) mass is 332 g/mol. The molecule has 9 heteroatoms. The van der Waals surface area contributed by atoms with Gasteiger partial charge in [0.25, 0.3) is 10.0 Å². The Kier molecular flexibility index (Phi) is 3.12. The van der Waals surface area contributed by atoms with Gasteiger partial charge in [0, 0.05) is 13.2 Å². The van der Waals surface area contributed by atoms with Crippen LogP contribution in [-0.2, 0) is 17.1 Å². The highest BCUT2D eigenvalue weighted by Gasteiger charge is 2.28. The highest BCUT2D eigenvalue weighted by molar-refractivity contribution is 7.92. The lowest BCUT2D eigenvalue weighted by Gasteiger charge is -2.27. The van der Waals surface area contributed by atoms with Crippen LogP contribution in [0.4, 0.5) is 5.95 Å². The van der Waals surface area contributed by atoms with Gasteiger partial charge in [0.1, 0.15) is 5.52 Å². The second-order valence-corrected chi connectivity index (χ2v) is 7.27. The maximum Gasteiger partial charge on any atom is 0.281 e. The van der Waals surface area contributed by atoms with E-state index in [1.807, 2.05) is 0 Å². The second-order valence-electron chi connectivity index (χ2n) is 5.64. The quantitative estimate of drug-likeness (QED) is 0.784. The molecular formula is C14H16N6O2S. The van der Waals surface area contributed by atoms with Gasteiger partial charge in [0.2, 0.25) is 5.95 Å². The van der Waals surface area contributed by atoms with E-state index >= 15 is 0 Å². The third kappa shape index (κ3) is 2.27. The number of aryl methyl sites for hydroxylation is 1. The maximum absolute atomic E-state index is 12.7. The zero-order chi connectivity index (χ0) is 16.0. The van der Waals surface area contributed by atoms with Crippen LogP contribution in [0.25, 0.3) is 11.2 Å². The zero-order valence-corrected chi connectivity index (χ0v) is 13.4. The number of fused-ring (bicyclic) bond motifs is 1. The van der Waals surface area contributed by atoms with Crippen molar-refractivity contribution in [1.29, 1.82) is 0 Å². The molecule has 0 bridgehead atoms. The van der Waals surface area contributed by atoms with Crippen molar-refractivity contribution in [2.75, 3.05) is 4.72 Å². The van der Waals surface area contributed by atoms with E-state index in [0.29, 0.717) is 11.2 Å². The number of nitrogens with one attached hydrogen (secondary N) is 1. The molecule has 0 unspecified atom stereocenters. The first-order valence-corrected chi connectivity index (χ1v) is 8.88. The van der Waals surface area contributed by atoms with Gasteiger partial charge in [0.15, 0.2) is 10.7 Å². The van der Waals surface area contributed by atoms with Gasteiger partial charge in [-0.1, -0.05) is 0 Å². The number of nitrogens with zero attached hydrogens (tertiary/aromatic N) is 5. The summed E-state index contributed by atoms with van der Waals surface area (Å²) in [5.41, 5.74) is 1.26. The van der Waals surface area contributed by atoms with Crippen molar-refractivity contribution in [2.24, 2.45) is 7.05 Å². The molecule has 0 atom stereocenters. The number of hydrogen-bond acceptors (Lipinski definition) is 5. The fraction of sp³-hybridized carbons (Fsp3) is 0.357. The number of anilines is 1. The van der Waals surface area contributed by atoms with Crippen molar-refractivity contribution >= 4 is 27.1 Å². The van der Waals surface area contributed by atoms with E-state index in [1.54, 1.807) is 34.6 Å². The Hall–Kier alpha value is -2.42. The maximum atomic E-state index is 12.7. The molecule has 4 rings (SSSR count). The highest BCUT2D eigenvalue weighted by atomic mass is 32.2. The van der Waals surface area contributed by atoms with Crippen LogP contribution in [0, 0.1) is 0 Å². The number of imidazole rings is 1. The molecule has 0 aliphatic heterocycles. The molecule has 23 heavy (non-hydrogen) atoms. The summed E-state index contributed by atoms with van der Waals surface area (Å²) in [6, 6.07) is 5.23. The Labute approximate surface area is 133 Å². The van der Waals surface area contributed by atoms with Crippen LogP contribution < -0.4 is 4.72 Å². The van der Waals surface area contributed by atoms with E-state index in [-0.39, 0.29) is 17.0 Å². The summed E-state index contributed by atoms with van der Waals surface area (Å²) in [6.45, 7) is 0. The molecule has 1 aliphatic rings. The minimum absolute atomic E-state index is 0.165. The first kappa shape index (κ1) is 14.2. The summed E-state index contributed by atoms with van der Waals surface area (Å²) in [7, 11) is -2.03. The fourth-order valence-electron chi connectivity index (χ4n) is 2.71. The third-order valence-corrected chi connectivity index (χ3v) is 5.51. The van der Waals surface area contributed by atoms with Crippen molar-refractivity contribution in [3.63, 3.8) is 0 Å². The summed E-state index contributed by atoms with van der Waals surface area (Å²) in [6.07, 6.45) is 6.19. The molecule has 0 amide bonds. The number of rotatable bonds is 4. The van der Waals surface area contributed by atoms with E-state index in [4.69, 9.17) is 0 Å². The number of pyridine rings is 1. The SMILES string of the molecule is Cn1c(NS(=O)(=O)c2ccnn2C2CCC2)nc2cccnc21. The average Bonchev–Trinajstić information content (AvgIpc) is 3.04. The second kappa shape index (κ2) is 5.05. The normalized spacial score (nSPS) is 15.7. The van der Waals surface area contributed by atoms with Gasteiger partial charge < -0.3 is 0 Å². The van der Waals surface area contributed by atoms with E-state index in [9.17, 15) is 8.42 Å². The van der Waals surface area contributed by atoms with Crippen molar-refractivity contribution < 1.29 is 8.42 Å². The molecule has 1 fully saturated rings. The van der Waals surface area contributed by atoms with E-state index in [1.165, 1.54) is 12.3 Å². The average molecular weight is 332 g/mol. The van der Waals surface area contributed by atoms with Gasteiger partial charge in [-0.15, -0.1) is 0 Å². The van der Waals surface area contributed by atoms with Crippen molar-refractivity contribution in [1.82, 2.24) is 24.3 Å². The van der Waals surface area contributed by atoms with E-state index < -0.39 is 10.0 Å². The minimum atomic E-state index is -3.75. The standard InChI is InChI=1S/C14H16N6O2S/c1-19-13-11(6-3-8-15-13)17-14(19)18-23(21,22)12-7-9-16-20(12)10-4-2-5-10/h3,6-10H,2,4-5H2,1H3,(H,17,18). The molecule has 120 valence electrons. The lowest BCUT2D eigenvalue weighted by Crippen LogP contribution is -2.25. The van der Waals surface area contributed by atoms with Crippen LogP contribution in [-0.4, -0.2) is 32.7 Å². The summed E-state index contributed by atoms with van der Waals surface area (Å²) in [4.78, 5) is 8.51. The van der Waals surface area contributed by atoms with Gasteiger partial charge in [-0.25, -0.2) is 19.4 Å². The lowest BCUT2D eigenvalue weighted by atomic mass is 9.93. The molecule has 3 aromatic rings. The number of aromatic nitrogens is 5. The minimum Gasteiger partial charge on any atom is -0.297 e. The van der Waals surface area contributed by atoms with Crippen molar-refractivity contribution in [2.45, 2.75) is 30.3 Å². The summed E-state index contributed by atoms with van der Waals surface area (Å²) >= 11 is 0. The van der Waals surface area contributed by atoms with E-state index in [0.717, 1.165) is 19.3 Å². The molecule has 3 heterocycles. The first-order valence-electron chi connectivity index (χ1n) is 7.40. The Morgan fingerprint density at radius 2 is 2.09 bits per heavy atom. The zero-order valence-electron chi connectivity index (χ0n) is 12.5. The molecule has 0 aromatic carbocycles. The summed E-state index contributed by atoms with van der Waals surface area (Å²) in [5, 5.41) is 4.34. The summed E-state index contributed by atoms with van der Waals surface area (Å²) in [5.74, 6) is 0.236. The molecule has 1 saturated carbocycles. The van der Waals surface area contributed by atoms with Crippen LogP contribution in [0.15, 0.2) is 35.6 Å². The van der Waals surface area contributed by atoms with Crippen LogP contribution in [0.3, 0.4) is 0 Å². The fourth-order valence-corrected chi connectivity index (χ4v) is 3.92. The first-order chi connectivity index (χ1) is 11.1. The largest absolute Gasteiger partial charge is 0.297 e. The molecule has 1 aliphatic carbocycles. The summed E-state index contributed by atoms with van der Waals surface area (Å²) < 4.78 is 31.2. The Morgan fingerprint density at radius 3 is 2.78 bits per heavy atom. The molecule has 0 radical (unpaired) electrons. The number of hydrogen-bond donors (Lipinski definition) is 1. The van der Waals surface area contributed by atoms with Crippen LogP contribution in [0.1, 0.15) is 25.3 Å².